The van der Waals surface area contributed by atoms with E-state index >= 15 is 0 Å². The summed E-state index contributed by atoms with van der Waals surface area (Å²) in [6, 6.07) is 5.74. The van der Waals surface area contributed by atoms with Crippen LogP contribution in [-0.2, 0) is 11.3 Å². The Hall–Kier alpha value is -1.76. The second kappa shape index (κ2) is 7.68. The molecule has 1 fully saturated rings. The van der Waals surface area contributed by atoms with Gasteiger partial charge < -0.3 is 15.4 Å². The smallest absolute Gasteiger partial charge is 0.429 e. The van der Waals surface area contributed by atoms with Crippen molar-refractivity contribution in [3.05, 3.63) is 29.8 Å². The molecule has 1 aliphatic rings. The fraction of sp³-hybridized carbons (Fsp3) is 0.562. The molecule has 0 aliphatic carbocycles. The lowest BCUT2D eigenvalue weighted by molar-refractivity contribution is -0.221. The number of amides is 1. The maximum Gasteiger partial charge on any atom is 0.429 e. The van der Waals surface area contributed by atoms with Gasteiger partial charge in [0, 0.05) is 13.1 Å². The molecule has 0 spiro atoms. The molecule has 1 saturated heterocycles. The predicted octanol–water partition coefficient (Wildman–Crippen LogP) is 2.77. The van der Waals surface area contributed by atoms with Gasteiger partial charge in [0.25, 0.3) is 0 Å². The average molecular weight is 330 g/mol. The Morgan fingerprint density at radius 2 is 2.09 bits per heavy atom. The van der Waals surface area contributed by atoms with E-state index in [1.54, 1.807) is 19.1 Å². The molecule has 2 rings (SSSR count). The lowest BCUT2D eigenvalue weighted by Gasteiger charge is -2.21. The number of hydrogen-bond donors (Lipinski definition) is 2. The highest BCUT2D eigenvalue weighted by Gasteiger charge is 2.42. The minimum absolute atomic E-state index is 0.0329. The summed E-state index contributed by atoms with van der Waals surface area (Å²) in [4.78, 5) is 11.4. The number of rotatable bonds is 8. The monoisotopic (exact) mass is 330 g/mol. The van der Waals surface area contributed by atoms with Crippen molar-refractivity contribution in [3.8, 4) is 5.75 Å². The summed E-state index contributed by atoms with van der Waals surface area (Å²) in [6.07, 6.45) is -5.37. The first-order chi connectivity index (χ1) is 10.9. The van der Waals surface area contributed by atoms with Crippen LogP contribution in [0.2, 0.25) is 0 Å². The van der Waals surface area contributed by atoms with E-state index in [2.05, 4.69) is 15.4 Å². The third kappa shape index (κ3) is 4.86. The molecule has 0 bridgehead atoms. The molecule has 2 atom stereocenters. The number of carbonyl (C=O) groups is 1. The van der Waals surface area contributed by atoms with Crippen LogP contribution in [-0.4, -0.2) is 30.8 Å². The number of benzene rings is 1. The summed E-state index contributed by atoms with van der Waals surface area (Å²) < 4.78 is 44.9. The van der Waals surface area contributed by atoms with Crippen LogP contribution in [0.3, 0.4) is 0 Å². The lowest BCUT2D eigenvalue weighted by Crippen LogP contribution is -2.36. The van der Waals surface area contributed by atoms with Crippen LogP contribution in [0.5, 0.6) is 5.75 Å². The van der Waals surface area contributed by atoms with E-state index in [4.69, 9.17) is 0 Å². The molecule has 1 heterocycles. The molecule has 0 radical (unpaired) electrons. The van der Waals surface area contributed by atoms with E-state index < -0.39 is 12.3 Å². The van der Waals surface area contributed by atoms with Gasteiger partial charge in [0.15, 0.2) is 0 Å². The van der Waals surface area contributed by atoms with E-state index in [0.29, 0.717) is 19.5 Å². The van der Waals surface area contributed by atoms with Crippen LogP contribution < -0.4 is 15.4 Å². The summed E-state index contributed by atoms with van der Waals surface area (Å²) >= 11 is 0. The zero-order valence-electron chi connectivity index (χ0n) is 13.0. The Bertz CT molecular complexity index is 523. The fourth-order valence-corrected chi connectivity index (χ4v) is 2.35. The van der Waals surface area contributed by atoms with Gasteiger partial charge in [-0.1, -0.05) is 25.5 Å². The Balaban J connectivity index is 1.87. The van der Waals surface area contributed by atoms with Gasteiger partial charge in [-0.2, -0.15) is 8.78 Å². The number of nitrogens with one attached hydrogen (secondary N) is 2. The molecule has 1 aromatic carbocycles. The van der Waals surface area contributed by atoms with Gasteiger partial charge in [0.1, 0.15) is 5.75 Å². The highest BCUT2D eigenvalue weighted by molar-refractivity contribution is 5.83. The standard InChI is InChI=1S/C16H21F3N2O2/c1-2-3-14(17)16(18,19)23-12-6-4-11(5-7-12)10-21-13-8-9-20-15(13)22/h4-7,13-14,21H,2-3,8-10H2,1H3,(H,20,22). The van der Waals surface area contributed by atoms with E-state index in [1.165, 1.54) is 12.1 Å². The third-order valence-corrected chi connectivity index (χ3v) is 3.69. The Morgan fingerprint density at radius 3 is 2.65 bits per heavy atom. The van der Waals surface area contributed by atoms with Crippen LogP contribution >= 0.6 is 0 Å². The molecule has 7 heteroatoms. The maximum absolute atomic E-state index is 13.5. The van der Waals surface area contributed by atoms with Gasteiger partial charge in [0.2, 0.25) is 12.1 Å². The molecular weight excluding hydrogens is 309 g/mol. The number of carbonyl (C=O) groups excluding carboxylic acids is 1. The summed E-state index contributed by atoms with van der Waals surface area (Å²) in [5, 5.41) is 5.81. The first-order valence-electron chi connectivity index (χ1n) is 7.73. The molecule has 0 saturated carbocycles. The SMILES string of the molecule is CCCC(F)C(F)(F)Oc1ccc(CNC2CCNC2=O)cc1. The Kier molecular flexibility index (Phi) is 5.87. The number of halogens is 3. The summed E-state index contributed by atoms with van der Waals surface area (Å²) in [5.74, 6) is -0.120. The second-order valence-electron chi connectivity index (χ2n) is 5.58. The fourth-order valence-electron chi connectivity index (χ4n) is 2.35. The number of hydrogen-bond acceptors (Lipinski definition) is 3. The first kappa shape index (κ1) is 17.6. The molecule has 0 aromatic heterocycles. The van der Waals surface area contributed by atoms with Gasteiger partial charge in [0.05, 0.1) is 6.04 Å². The molecular formula is C16H21F3N2O2. The number of ether oxygens (including phenoxy) is 1. The largest absolute Gasteiger partial charge is 0.430 e. The van der Waals surface area contributed by atoms with Crippen LogP contribution in [0, 0.1) is 0 Å². The zero-order valence-corrected chi connectivity index (χ0v) is 13.0. The molecule has 2 N–H and O–H groups in total. The lowest BCUT2D eigenvalue weighted by atomic mass is 10.2. The van der Waals surface area contributed by atoms with Gasteiger partial charge in [-0.05, 0) is 30.5 Å². The minimum Gasteiger partial charge on any atom is -0.430 e. The van der Waals surface area contributed by atoms with Crippen molar-refractivity contribution in [2.24, 2.45) is 0 Å². The van der Waals surface area contributed by atoms with E-state index in [0.717, 1.165) is 12.0 Å². The van der Waals surface area contributed by atoms with Crippen molar-refractivity contribution < 1.29 is 22.7 Å². The second-order valence-corrected chi connectivity index (χ2v) is 5.58. The van der Waals surface area contributed by atoms with Crippen molar-refractivity contribution in [2.75, 3.05) is 6.54 Å². The van der Waals surface area contributed by atoms with Crippen molar-refractivity contribution in [2.45, 2.75) is 51.1 Å². The predicted molar refractivity (Wildman–Crippen MR) is 80.1 cm³/mol. The molecule has 128 valence electrons. The Morgan fingerprint density at radius 1 is 1.39 bits per heavy atom. The van der Waals surface area contributed by atoms with Crippen LogP contribution in [0.1, 0.15) is 31.7 Å². The van der Waals surface area contributed by atoms with Gasteiger partial charge >= 0.3 is 6.11 Å². The highest BCUT2D eigenvalue weighted by atomic mass is 19.3. The first-order valence-corrected chi connectivity index (χ1v) is 7.73. The quantitative estimate of drug-likeness (QED) is 0.771. The average Bonchev–Trinajstić information content (AvgIpc) is 2.92. The molecule has 23 heavy (non-hydrogen) atoms. The molecule has 1 aromatic rings. The number of alkyl halides is 3. The molecule has 4 nitrogen and oxygen atoms in total. The Labute approximate surface area is 133 Å². The van der Waals surface area contributed by atoms with E-state index in [-0.39, 0.29) is 24.1 Å². The van der Waals surface area contributed by atoms with E-state index in [9.17, 15) is 18.0 Å². The van der Waals surface area contributed by atoms with E-state index in [1.807, 2.05) is 0 Å². The minimum atomic E-state index is -3.84. The molecule has 1 amide bonds. The van der Waals surface area contributed by atoms with Gasteiger partial charge in [-0.3, -0.25) is 4.79 Å². The summed E-state index contributed by atoms with van der Waals surface area (Å²) in [5.41, 5.74) is 0.825. The van der Waals surface area contributed by atoms with Crippen LogP contribution in [0.25, 0.3) is 0 Å². The van der Waals surface area contributed by atoms with Gasteiger partial charge in [-0.15, -0.1) is 0 Å². The zero-order chi connectivity index (χ0) is 16.9. The van der Waals surface area contributed by atoms with Crippen molar-refractivity contribution in [3.63, 3.8) is 0 Å². The van der Waals surface area contributed by atoms with Crippen LogP contribution in [0.15, 0.2) is 24.3 Å². The highest BCUT2D eigenvalue weighted by Crippen LogP contribution is 2.29. The normalized spacial score (nSPS) is 19.5. The van der Waals surface area contributed by atoms with Crippen molar-refractivity contribution >= 4 is 5.91 Å². The van der Waals surface area contributed by atoms with Gasteiger partial charge in [-0.25, -0.2) is 4.39 Å². The molecule has 2 unspecified atom stereocenters. The topological polar surface area (TPSA) is 50.4 Å². The summed E-state index contributed by atoms with van der Waals surface area (Å²) in [6.45, 7) is 2.73. The van der Waals surface area contributed by atoms with Crippen molar-refractivity contribution in [1.82, 2.24) is 10.6 Å². The third-order valence-electron chi connectivity index (χ3n) is 3.69. The van der Waals surface area contributed by atoms with Crippen molar-refractivity contribution in [1.29, 1.82) is 0 Å². The maximum atomic E-state index is 13.5. The summed E-state index contributed by atoms with van der Waals surface area (Å²) in [7, 11) is 0. The van der Waals surface area contributed by atoms with Crippen LogP contribution in [0.4, 0.5) is 13.2 Å². The molecule has 1 aliphatic heterocycles.